The third-order valence-electron chi connectivity index (χ3n) is 2.25. The Bertz CT molecular complexity index is 203. The van der Waals surface area contributed by atoms with Crippen molar-refractivity contribution in [3.63, 3.8) is 0 Å². The van der Waals surface area contributed by atoms with E-state index in [0.717, 1.165) is 12.8 Å². The Kier molecular flexibility index (Phi) is 8.14. The highest BCUT2D eigenvalue weighted by molar-refractivity contribution is 5.85. The maximum atomic E-state index is 11.3. The Balaban J connectivity index is 3.49. The molecule has 0 aromatic carbocycles. The maximum absolute atomic E-state index is 11.3. The molecule has 0 aliphatic carbocycles. The fourth-order valence-corrected chi connectivity index (χ4v) is 1.23. The minimum Gasteiger partial charge on any atom is -0.316 e. The van der Waals surface area contributed by atoms with Crippen molar-refractivity contribution in [1.29, 1.82) is 0 Å². The number of ketones is 2. The molecule has 0 aromatic rings. The number of nitrogens with two attached hydrogens (primary N) is 2. The molecule has 0 bridgehead atoms. The minimum absolute atomic E-state index is 0.0840. The fraction of sp³-hybridized carbons (Fsp3) is 0.818. The summed E-state index contributed by atoms with van der Waals surface area (Å²) in [5, 5.41) is 0. The predicted molar refractivity (Wildman–Crippen MR) is 60.2 cm³/mol. The zero-order chi connectivity index (χ0) is 11.7. The van der Waals surface area contributed by atoms with Gasteiger partial charge in [-0.15, -0.1) is 0 Å². The standard InChI is InChI=1S/C11H22N2O2/c1-2-3-4-9(14)5-6-10(15)7-8-11(12)13/h11H,2-8,12-13H2,1H3. The van der Waals surface area contributed by atoms with Gasteiger partial charge in [0.05, 0.1) is 6.17 Å². The number of unbranched alkanes of at least 4 members (excludes halogenated alkanes) is 1. The summed E-state index contributed by atoms with van der Waals surface area (Å²) in [7, 11) is 0. The molecule has 0 spiro atoms. The summed E-state index contributed by atoms with van der Waals surface area (Å²) in [6.45, 7) is 2.04. The second kappa shape index (κ2) is 8.56. The number of Topliss-reactive ketones (excluding diaryl/α,β-unsaturated/α-hetero) is 2. The van der Waals surface area contributed by atoms with E-state index in [2.05, 4.69) is 0 Å². The average molecular weight is 214 g/mol. The van der Waals surface area contributed by atoms with Crippen LogP contribution in [0.25, 0.3) is 0 Å². The van der Waals surface area contributed by atoms with Gasteiger partial charge in [-0.05, 0) is 12.8 Å². The van der Waals surface area contributed by atoms with E-state index in [1.807, 2.05) is 6.92 Å². The molecule has 88 valence electrons. The number of hydrogen-bond donors (Lipinski definition) is 2. The summed E-state index contributed by atoms with van der Waals surface area (Å²) in [6, 6.07) is 0. The van der Waals surface area contributed by atoms with Gasteiger partial charge in [-0.3, -0.25) is 9.59 Å². The quantitative estimate of drug-likeness (QED) is 0.563. The molecule has 0 heterocycles. The van der Waals surface area contributed by atoms with Crippen LogP contribution in [0.4, 0.5) is 0 Å². The molecule has 0 saturated heterocycles. The van der Waals surface area contributed by atoms with Crippen LogP contribution in [0.5, 0.6) is 0 Å². The third kappa shape index (κ3) is 9.56. The zero-order valence-electron chi connectivity index (χ0n) is 9.50. The van der Waals surface area contributed by atoms with Crippen LogP contribution < -0.4 is 11.5 Å². The van der Waals surface area contributed by atoms with E-state index in [1.54, 1.807) is 0 Å². The van der Waals surface area contributed by atoms with Crippen molar-refractivity contribution in [2.75, 3.05) is 0 Å². The number of hydrogen-bond acceptors (Lipinski definition) is 4. The largest absolute Gasteiger partial charge is 0.316 e. The molecule has 4 N–H and O–H groups in total. The first-order valence-corrected chi connectivity index (χ1v) is 5.60. The van der Waals surface area contributed by atoms with E-state index < -0.39 is 6.17 Å². The van der Waals surface area contributed by atoms with Crippen LogP contribution in [-0.4, -0.2) is 17.7 Å². The number of rotatable bonds is 9. The Labute approximate surface area is 91.4 Å². The third-order valence-corrected chi connectivity index (χ3v) is 2.25. The molecule has 0 saturated carbocycles. The van der Waals surface area contributed by atoms with Crippen molar-refractivity contribution in [2.45, 2.75) is 58.0 Å². The van der Waals surface area contributed by atoms with E-state index in [0.29, 0.717) is 32.1 Å². The summed E-state index contributed by atoms with van der Waals surface area (Å²) < 4.78 is 0. The van der Waals surface area contributed by atoms with E-state index in [9.17, 15) is 9.59 Å². The lowest BCUT2D eigenvalue weighted by Gasteiger charge is -2.03. The average Bonchev–Trinajstić information content (AvgIpc) is 2.20. The van der Waals surface area contributed by atoms with E-state index in [4.69, 9.17) is 11.5 Å². The van der Waals surface area contributed by atoms with Gasteiger partial charge in [0.25, 0.3) is 0 Å². The smallest absolute Gasteiger partial charge is 0.133 e. The van der Waals surface area contributed by atoms with Gasteiger partial charge in [0, 0.05) is 25.7 Å². The van der Waals surface area contributed by atoms with Gasteiger partial charge in [-0.2, -0.15) is 0 Å². The molecular weight excluding hydrogens is 192 g/mol. The van der Waals surface area contributed by atoms with Crippen molar-refractivity contribution in [2.24, 2.45) is 11.5 Å². The minimum atomic E-state index is -0.426. The van der Waals surface area contributed by atoms with E-state index >= 15 is 0 Å². The van der Waals surface area contributed by atoms with Gasteiger partial charge in [0.2, 0.25) is 0 Å². The van der Waals surface area contributed by atoms with Crippen molar-refractivity contribution in [1.82, 2.24) is 0 Å². The van der Waals surface area contributed by atoms with Gasteiger partial charge in [-0.1, -0.05) is 13.3 Å². The summed E-state index contributed by atoms with van der Waals surface area (Å²) in [5.74, 6) is 0.267. The molecule has 0 radical (unpaired) electrons. The first-order chi connectivity index (χ1) is 7.06. The lowest BCUT2D eigenvalue weighted by Crippen LogP contribution is -2.30. The molecule has 0 aliphatic heterocycles. The lowest BCUT2D eigenvalue weighted by molar-refractivity contribution is -0.124. The molecule has 15 heavy (non-hydrogen) atoms. The van der Waals surface area contributed by atoms with Gasteiger partial charge >= 0.3 is 0 Å². The van der Waals surface area contributed by atoms with Crippen molar-refractivity contribution in [3.8, 4) is 0 Å². The Morgan fingerprint density at radius 2 is 1.53 bits per heavy atom. The second-order valence-electron chi connectivity index (χ2n) is 3.88. The van der Waals surface area contributed by atoms with E-state index in [1.165, 1.54) is 0 Å². The SMILES string of the molecule is CCCCC(=O)CCC(=O)CCC(N)N. The Hall–Kier alpha value is -0.740. The fourth-order valence-electron chi connectivity index (χ4n) is 1.23. The van der Waals surface area contributed by atoms with Gasteiger partial charge in [0.1, 0.15) is 11.6 Å². The molecule has 0 rings (SSSR count). The van der Waals surface area contributed by atoms with Crippen LogP contribution in [0.15, 0.2) is 0 Å². The predicted octanol–water partition coefficient (Wildman–Crippen LogP) is 1.12. The molecule has 4 heteroatoms. The number of carbonyl (C=O) groups is 2. The highest BCUT2D eigenvalue weighted by atomic mass is 16.1. The first-order valence-electron chi connectivity index (χ1n) is 5.60. The van der Waals surface area contributed by atoms with Crippen LogP contribution in [-0.2, 0) is 9.59 Å². The van der Waals surface area contributed by atoms with Crippen LogP contribution in [0.2, 0.25) is 0 Å². The van der Waals surface area contributed by atoms with Crippen LogP contribution >= 0.6 is 0 Å². The van der Waals surface area contributed by atoms with Crippen LogP contribution in [0.3, 0.4) is 0 Å². The zero-order valence-corrected chi connectivity index (χ0v) is 9.50. The highest BCUT2D eigenvalue weighted by Crippen LogP contribution is 2.04. The summed E-state index contributed by atoms with van der Waals surface area (Å²) in [6.07, 6.45) is 3.71. The van der Waals surface area contributed by atoms with Gasteiger partial charge in [0.15, 0.2) is 0 Å². The van der Waals surface area contributed by atoms with Crippen LogP contribution in [0, 0.1) is 0 Å². The molecule has 4 nitrogen and oxygen atoms in total. The van der Waals surface area contributed by atoms with Crippen molar-refractivity contribution in [3.05, 3.63) is 0 Å². The monoisotopic (exact) mass is 214 g/mol. The molecule has 0 aliphatic rings. The molecule has 0 aromatic heterocycles. The summed E-state index contributed by atoms with van der Waals surface area (Å²) in [5.41, 5.74) is 10.6. The highest BCUT2D eigenvalue weighted by Gasteiger charge is 2.07. The normalized spacial score (nSPS) is 10.7. The number of carbonyl (C=O) groups excluding carboxylic acids is 2. The van der Waals surface area contributed by atoms with Crippen LogP contribution in [0.1, 0.15) is 51.9 Å². The van der Waals surface area contributed by atoms with E-state index in [-0.39, 0.29) is 11.6 Å². The topological polar surface area (TPSA) is 86.2 Å². The van der Waals surface area contributed by atoms with Crippen molar-refractivity contribution >= 4 is 11.6 Å². The second-order valence-corrected chi connectivity index (χ2v) is 3.88. The molecule has 0 fully saturated rings. The summed E-state index contributed by atoms with van der Waals surface area (Å²) >= 11 is 0. The first kappa shape index (κ1) is 14.3. The Morgan fingerprint density at radius 1 is 1.00 bits per heavy atom. The summed E-state index contributed by atoms with van der Waals surface area (Å²) in [4.78, 5) is 22.5. The molecule has 0 unspecified atom stereocenters. The molecule has 0 atom stereocenters. The maximum Gasteiger partial charge on any atom is 0.133 e. The van der Waals surface area contributed by atoms with Crippen molar-refractivity contribution < 1.29 is 9.59 Å². The van der Waals surface area contributed by atoms with Gasteiger partial charge < -0.3 is 11.5 Å². The lowest BCUT2D eigenvalue weighted by atomic mass is 10.0. The van der Waals surface area contributed by atoms with Gasteiger partial charge in [-0.25, -0.2) is 0 Å². The molecular formula is C11H22N2O2. The molecule has 0 amide bonds. The Morgan fingerprint density at radius 3 is 2.00 bits per heavy atom.